The lowest BCUT2D eigenvalue weighted by Crippen LogP contribution is -2.11. The van der Waals surface area contributed by atoms with Gasteiger partial charge in [-0.25, -0.2) is 4.98 Å². The van der Waals surface area contributed by atoms with Gasteiger partial charge in [-0.05, 0) is 36.7 Å². The molecule has 2 aromatic rings. The second-order valence-corrected chi connectivity index (χ2v) is 5.10. The molecule has 2 heterocycles. The van der Waals surface area contributed by atoms with E-state index in [-0.39, 0.29) is 6.04 Å². The summed E-state index contributed by atoms with van der Waals surface area (Å²) in [5, 5.41) is 10.2. The maximum atomic E-state index is 5.18. The molecule has 7 heteroatoms. The molecule has 6 nitrogen and oxygen atoms in total. The molecule has 0 aliphatic carbocycles. The van der Waals surface area contributed by atoms with Gasteiger partial charge < -0.3 is 15.2 Å². The smallest absolute Gasteiger partial charge is 0.224 e. The minimum Gasteiger partial charge on any atom is -0.362 e. The van der Waals surface area contributed by atoms with E-state index >= 15 is 0 Å². The van der Waals surface area contributed by atoms with Gasteiger partial charge in [-0.3, -0.25) is 0 Å². The number of aromatic nitrogens is 3. The highest BCUT2D eigenvalue weighted by Gasteiger charge is 2.17. The molecule has 0 aliphatic heterocycles. The zero-order valence-corrected chi connectivity index (χ0v) is 12.9. The zero-order chi connectivity index (χ0) is 14.0. The molecule has 1 atom stereocenters. The van der Waals surface area contributed by atoms with Crippen molar-refractivity contribution in [3.8, 4) is 0 Å². The van der Waals surface area contributed by atoms with Gasteiger partial charge in [0.05, 0.1) is 16.2 Å². The van der Waals surface area contributed by atoms with E-state index in [0.29, 0.717) is 5.95 Å². The van der Waals surface area contributed by atoms with Crippen LogP contribution in [0.5, 0.6) is 0 Å². The summed E-state index contributed by atoms with van der Waals surface area (Å²) in [4.78, 5) is 8.49. The van der Waals surface area contributed by atoms with Crippen LogP contribution in [0.25, 0.3) is 0 Å². The third-order valence-electron chi connectivity index (χ3n) is 2.84. The number of halogens is 1. The minimum atomic E-state index is 0.0437. The Balaban J connectivity index is 2.26. The molecule has 0 bridgehead atoms. The SMILES string of the molecule is CNc1ncc(Br)c(NC(C)c2c(C)noc2C)n1. The molecule has 0 fully saturated rings. The van der Waals surface area contributed by atoms with Gasteiger partial charge in [-0.2, -0.15) is 4.98 Å². The second kappa shape index (κ2) is 5.56. The van der Waals surface area contributed by atoms with Crippen LogP contribution in [0.1, 0.15) is 30.0 Å². The Bertz CT molecular complexity index is 564. The maximum Gasteiger partial charge on any atom is 0.224 e. The number of hydrogen-bond donors (Lipinski definition) is 2. The van der Waals surface area contributed by atoms with Gasteiger partial charge in [0.1, 0.15) is 11.6 Å². The molecule has 1 unspecified atom stereocenters. The molecule has 2 aromatic heterocycles. The first kappa shape index (κ1) is 13.8. The fourth-order valence-corrected chi connectivity index (χ4v) is 2.28. The number of rotatable bonds is 4. The van der Waals surface area contributed by atoms with Crippen molar-refractivity contribution in [2.75, 3.05) is 17.7 Å². The molecule has 0 amide bonds. The summed E-state index contributed by atoms with van der Waals surface area (Å²) >= 11 is 3.43. The van der Waals surface area contributed by atoms with Crippen LogP contribution in [0.3, 0.4) is 0 Å². The van der Waals surface area contributed by atoms with Crippen LogP contribution >= 0.6 is 15.9 Å². The van der Waals surface area contributed by atoms with Crippen LogP contribution in [-0.2, 0) is 0 Å². The normalized spacial score (nSPS) is 12.3. The number of hydrogen-bond acceptors (Lipinski definition) is 6. The van der Waals surface area contributed by atoms with Crippen LogP contribution in [0.15, 0.2) is 15.2 Å². The first-order chi connectivity index (χ1) is 9.02. The Morgan fingerprint density at radius 3 is 2.68 bits per heavy atom. The highest BCUT2D eigenvalue weighted by molar-refractivity contribution is 9.10. The van der Waals surface area contributed by atoms with Crippen molar-refractivity contribution in [2.45, 2.75) is 26.8 Å². The van der Waals surface area contributed by atoms with E-state index in [1.54, 1.807) is 13.2 Å². The lowest BCUT2D eigenvalue weighted by atomic mass is 10.1. The predicted molar refractivity (Wildman–Crippen MR) is 77.3 cm³/mol. The summed E-state index contributed by atoms with van der Waals surface area (Å²) in [6.07, 6.45) is 1.71. The van der Waals surface area contributed by atoms with Gasteiger partial charge in [-0.15, -0.1) is 0 Å². The monoisotopic (exact) mass is 325 g/mol. The Labute approximate surface area is 120 Å². The highest BCUT2D eigenvalue weighted by atomic mass is 79.9. The lowest BCUT2D eigenvalue weighted by Gasteiger charge is -2.15. The summed E-state index contributed by atoms with van der Waals surface area (Å²) in [7, 11) is 1.78. The van der Waals surface area contributed by atoms with Crippen LogP contribution < -0.4 is 10.6 Å². The van der Waals surface area contributed by atoms with E-state index in [9.17, 15) is 0 Å². The van der Waals surface area contributed by atoms with Crippen LogP contribution in [0, 0.1) is 13.8 Å². The van der Waals surface area contributed by atoms with Gasteiger partial charge >= 0.3 is 0 Å². The first-order valence-electron chi connectivity index (χ1n) is 5.92. The van der Waals surface area contributed by atoms with E-state index in [4.69, 9.17) is 4.52 Å². The summed E-state index contributed by atoms with van der Waals surface area (Å²) in [5.41, 5.74) is 1.94. The predicted octanol–water partition coefficient (Wildman–Crippen LogP) is 3.06. The molecule has 0 saturated heterocycles. The number of aryl methyl sites for hydroxylation is 2. The molecule has 2 rings (SSSR count). The van der Waals surface area contributed by atoms with Crippen LogP contribution in [0.4, 0.5) is 11.8 Å². The topological polar surface area (TPSA) is 75.9 Å². The van der Waals surface area contributed by atoms with Crippen molar-refractivity contribution in [2.24, 2.45) is 0 Å². The van der Waals surface area contributed by atoms with Crippen LogP contribution in [0.2, 0.25) is 0 Å². The molecule has 0 radical (unpaired) electrons. The van der Waals surface area contributed by atoms with Gasteiger partial charge in [0, 0.05) is 18.8 Å². The van der Waals surface area contributed by atoms with Crippen LogP contribution in [-0.4, -0.2) is 22.2 Å². The lowest BCUT2D eigenvalue weighted by molar-refractivity contribution is 0.392. The van der Waals surface area contributed by atoms with E-state index in [0.717, 1.165) is 27.3 Å². The second-order valence-electron chi connectivity index (χ2n) is 4.24. The van der Waals surface area contributed by atoms with Gasteiger partial charge in [0.2, 0.25) is 5.95 Å². The standard InChI is InChI=1S/C12H16BrN5O/c1-6(10-7(2)18-19-8(10)3)16-11-9(13)5-15-12(14-4)17-11/h5-6H,1-4H3,(H2,14,15,16,17). The molecule has 0 aliphatic rings. The highest BCUT2D eigenvalue weighted by Crippen LogP contribution is 2.28. The van der Waals surface area contributed by atoms with Gasteiger partial charge in [-0.1, -0.05) is 5.16 Å². The molecular weight excluding hydrogens is 310 g/mol. The van der Waals surface area contributed by atoms with Crippen molar-refractivity contribution in [3.05, 3.63) is 27.7 Å². The Morgan fingerprint density at radius 1 is 1.37 bits per heavy atom. The van der Waals surface area contributed by atoms with E-state index in [1.165, 1.54) is 0 Å². The summed E-state index contributed by atoms with van der Waals surface area (Å²) < 4.78 is 5.99. The fourth-order valence-electron chi connectivity index (χ4n) is 1.97. The number of nitrogens with zero attached hydrogens (tertiary/aromatic N) is 3. The third-order valence-corrected chi connectivity index (χ3v) is 3.42. The zero-order valence-electron chi connectivity index (χ0n) is 11.3. The minimum absolute atomic E-state index is 0.0437. The molecule has 102 valence electrons. The Hall–Kier alpha value is -1.63. The van der Waals surface area contributed by atoms with Crippen molar-refractivity contribution in [3.63, 3.8) is 0 Å². The van der Waals surface area contributed by atoms with Crippen molar-refractivity contribution in [1.82, 2.24) is 15.1 Å². The summed E-state index contributed by atoms with van der Waals surface area (Å²) in [6.45, 7) is 5.87. The van der Waals surface area contributed by atoms with E-state index in [1.807, 2.05) is 20.8 Å². The third kappa shape index (κ3) is 2.86. The van der Waals surface area contributed by atoms with E-state index in [2.05, 4.69) is 41.7 Å². The summed E-state index contributed by atoms with van der Waals surface area (Å²) in [5.74, 6) is 2.11. The maximum absolute atomic E-state index is 5.18. The quantitative estimate of drug-likeness (QED) is 0.899. The fraction of sp³-hybridized carbons (Fsp3) is 0.417. The molecule has 0 spiro atoms. The molecule has 0 aromatic carbocycles. The molecule has 19 heavy (non-hydrogen) atoms. The molecule has 0 saturated carbocycles. The molecule has 2 N–H and O–H groups in total. The number of nitrogens with one attached hydrogen (secondary N) is 2. The van der Waals surface area contributed by atoms with Gasteiger partial charge in [0.25, 0.3) is 0 Å². The molecular formula is C12H16BrN5O. The van der Waals surface area contributed by atoms with Crippen molar-refractivity contribution < 1.29 is 4.52 Å². The first-order valence-corrected chi connectivity index (χ1v) is 6.71. The Kier molecular flexibility index (Phi) is 4.04. The Morgan fingerprint density at radius 2 is 2.11 bits per heavy atom. The largest absolute Gasteiger partial charge is 0.362 e. The average Bonchev–Trinajstić information content (AvgIpc) is 2.71. The average molecular weight is 326 g/mol. The summed E-state index contributed by atoms with van der Waals surface area (Å²) in [6, 6.07) is 0.0437. The van der Waals surface area contributed by atoms with Crippen molar-refractivity contribution >= 4 is 27.7 Å². The number of anilines is 2. The van der Waals surface area contributed by atoms with Crippen molar-refractivity contribution in [1.29, 1.82) is 0 Å². The van der Waals surface area contributed by atoms with Gasteiger partial charge in [0.15, 0.2) is 0 Å². The van der Waals surface area contributed by atoms with E-state index < -0.39 is 0 Å².